The molecule has 0 fully saturated rings. The Morgan fingerprint density at radius 1 is 1.08 bits per heavy atom. The zero-order valence-electron chi connectivity index (χ0n) is 13.6. The molecule has 0 atom stereocenters. The first-order valence-electron chi connectivity index (χ1n) is 7.46. The van der Waals surface area contributed by atoms with Crippen molar-refractivity contribution in [3.05, 3.63) is 48.2 Å². The molecule has 126 valence electrons. The molecule has 2 amide bonds. The summed E-state index contributed by atoms with van der Waals surface area (Å²) in [5, 5.41) is 8.55. The molecule has 0 aliphatic rings. The van der Waals surface area contributed by atoms with E-state index in [1.165, 1.54) is 6.92 Å². The molecule has 24 heavy (non-hydrogen) atoms. The second-order valence-electron chi connectivity index (χ2n) is 5.06. The summed E-state index contributed by atoms with van der Waals surface area (Å²) < 4.78 is 4.96. The molecule has 1 aromatic carbocycles. The van der Waals surface area contributed by atoms with Gasteiger partial charge in [-0.3, -0.25) is 9.59 Å². The number of ether oxygens (including phenoxy) is 1. The molecule has 7 heteroatoms. The summed E-state index contributed by atoms with van der Waals surface area (Å²) in [6.45, 7) is 2.61. The number of carbonyl (C=O) groups excluding carboxylic acids is 2. The number of aromatic nitrogens is 1. The van der Waals surface area contributed by atoms with E-state index in [2.05, 4.69) is 20.9 Å². The van der Waals surface area contributed by atoms with Gasteiger partial charge in [0.25, 0.3) is 5.91 Å². The van der Waals surface area contributed by atoms with Gasteiger partial charge in [-0.15, -0.1) is 0 Å². The van der Waals surface area contributed by atoms with E-state index >= 15 is 0 Å². The van der Waals surface area contributed by atoms with Gasteiger partial charge in [-0.05, 0) is 36.4 Å². The maximum Gasteiger partial charge on any atom is 0.255 e. The van der Waals surface area contributed by atoms with Crippen molar-refractivity contribution in [2.75, 3.05) is 36.2 Å². The lowest BCUT2D eigenvalue weighted by Gasteiger charge is -2.09. The van der Waals surface area contributed by atoms with Crippen LogP contribution in [0.3, 0.4) is 0 Å². The normalized spacial score (nSPS) is 10.1. The lowest BCUT2D eigenvalue weighted by Crippen LogP contribution is -2.14. The van der Waals surface area contributed by atoms with Crippen LogP contribution < -0.4 is 16.0 Å². The number of anilines is 3. The fourth-order valence-electron chi connectivity index (χ4n) is 1.99. The summed E-state index contributed by atoms with van der Waals surface area (Å²) in [6.07, 6.45) is 1.57. The van der Waals surface area contributed by atoms with Crippen molar-refractivity contribution < 1.29 is 14.3 Å². The SMILES string of the molecule is COCCNc1cc(C(=O)Nc2ccc(NC(C)=O)cc2)ccn1. The number of pyridine rings is 1. The molecule has 0 saturated carbocycles. The van der Waals surface area contributed by atoms with Gasteiger partial charge in [-0.25, -0.2) is 4.98 Å². The quantitative estimate of drug-likeness (QED) is 0.679. The molecular weight excluding hydrogens is 308 g/mol. The second-order valence-corrected chi connectivity index (χ2v) is 5.06. The predicted octanol–water partition coefficient (Wildman–Crippen LogP) is 2.35. The van der Waals surface area contributed by atoms with Crippen LogP contribution >= 0.6 is 0 Å². The molecule has 0 spiro atoms. The molecule has 1 aromatic heterocycles. The van der Waals surface area contributed by atoms with Crippen LogP contribution in [0.5, 0.6) is 0 Å². The van der Waals surface area contributed by atoms with Crippen molar-refractivity contribution in [1.82, 2.24) is 4.98 Å². The smallest absolute Gasteiger partial charge is 0.255 e. The first-order valence-corrected chi connectivity index (χ1v) is 7.46. The van der Waals surface area contributed by atoms with E-state index in [0.29, 0.717) is 35.9 Å². The fraction of sp³-hybridized carbons (Fsp3) is 0.235. The zero-order valence-corrected chi connectivity index (χ0v) is 13.6. The summed E-state index contributed by atoms with van der Waals surface area (Å²) in [5.74, 6) is 0.234. The predicted molar refractivity (Wildman–Crippen MR) is 93.3 cm³/mol. The number of benzene rings is 1. The van der Waals surface area contributed by atoms with Crippen molar-refractivity contribution in [2.24, 2.45) is 0 Å². The van der Waals surface area contributed by atoms with E-state index in [9.17, 15) is 9.59 Å². The van der Waals surface area contributed by atoms with Crippen molar-refractivity contribution in [2.45, 2.75) is 6.92 Å². The molecule has 0 aliphatic heterocycles. The second kappa shape index (κ2) is 8.64. The van der Waals surface area contributed by atoms with Gasteiger partial charge < -0.3 is 20.7 Å². The van der Waals surface area contributed by atoms with Crippen LogP contribution in [0.25, 0.3) is 0 Å². The highest BCUT2D eigenvalue weighted by Crippen LogP contribution is 2.15. The number of rotatable bonds is 7. The van der Waals surface area contributed by atoms with Gasteiger partial charge in [0.05, 0.1) is 6.61 Å². The number of carbonyl (C=O) groups is 2. The molecule has 3 N–H and O–H groups in total. The topological polar surface area (TPSA) is 92.4 Å². The van der Waals surface area contributed by atoms with Gasteiger partial charge in [-0.1, -0.05) is 0 Å². The third-order valence-electron chi connectivity index (χ3n) is 3.10. The zero-order chi connectivity index (χ0) is 17.4. The molecule has 2 rings (SSSR count). The molecule has 0 unspecified atom stereocenters. The first-order chi connectivity index (χ1) is 11.6. The maximum atomic E-state index is 12.3. The summed E-state index contributed by atoms with van der Waals surface area (Å²) in [7, 11) is 1.62. The Morgan fingerprint density at radius 2 is 1.75 bits per heavy atom. The Morgan fingerprint density at radius 3 is 2.38 bits per heavy atom. The molecule has 0 bridgehead atoms. The Hall–Kier alpha value is -2.93. The van der Waals surface area contributed by atoms with Crippen molar-refractivity contribution in [3.63, 3.8) is 0 Å². The highest BCUT2D eigenvalue weighted by molar-refractivity contribution is 6.04. The third-order valence-corrected chi connectivity index (χ3v) is 3.10. The number of nitrogens with one attached hydrogen (secondary N) is 3. The van der Waals surface area contributed by atoms with Gasteiger partial charge in [0.2, 0.25) is 5.91 Å². The standard InChI is InChI=1S/C17H20N4O3/c1-12(22)20-14-3-5-15(6-4-14)21-17(23)13-7-8-18-16(11-13)19-9-10-24-2/h3-8,11H,9-10H2,1-2H3,(H,18,19)(H,20,22)(H,21,23). The Kier molecular flexibility index (Phi) is 6.27. The summed E-state index contributed by atoms with van der Waals surface area (Å²) in [5.41, 5.74) is 1.81. The maximum absolute atomic E-state index is 12.3. The van der Waals surface area contributed by atoms with Crippen LogP contribution in [0.2, 0.25) is 0 Å². The van der Waals surface area contributed by atoms with E-state index in [1.807, 2.05) is 0 Å². The summed E-state index contributed by atoms with van der Waals surface area (Å²) in [4.78, 5) is 27.4. The van der Waals surface area contributed by atoms with Crippen molar-refractivity contribution in [3.8, 4) is 0 Å². The molecule has 1 heterocycles. The minimum absolute atomic E-state index is 0.142. The van der Waals surface area contributed by atoms with E-state index in [0.717, 1.165) is 0 Å². The highest BCUT2D eigenvalue weighted by atomic mass is 16.5. The number of amides is 2. The highest BCUT2D eigenvalue weighted by Gasteiger charge is 2.07. The monoisotopic (exact) mass is 328 g/mol. The fourth-order valence-corrected chi connectivity index (χ4v) is 1.99. The lowest BCUT2D eigenvalue weighted by atomic mass is 10.2. The number of hydrogen-bond donors (Lipinski definition) is 3. The van der Waals surface area contributed by atoms with Crippen molar-refractivity contribution >= 4 is 29.0 Å². The van der Waals surface area contributed by atoms with Gasteiger partial charge in [0.1, 0.15) is 5.82 Å². The Labute approximate surface area is 140 Å². The number of methoxy groups -OCH3 is 1. The molecule has 0 aliphatic carbocycles. The lowest BCUT2D eigenvalue weighted by molar-refractivity contribution is -0.114. The van der Waals surface area contributed by atoms with E-state index in [-0.39, 0.29) is 11.8 Å². The van der Waals surface area contributed by atoms with Gasteiger partial charge in [0, 0.05) is 43.7 Å². The number of hydrogen-bond acceptors (Lipinski definition) is 5. The van der Waals surface area contributed by atoms with E-state index in [4.69, 9.17) is 4.74 Å². The minimum Gasteiger partial charge on any atom is -0.383 e. The number of nitrogens with zero attached hydrogens (tertiary/aromatic N) is 1. The van der Waals surface area contributed by atoms with Crippen LogP contribution in [-0.4, -0.2) is 37.1 Å². The molecule has 0 saturated heterocycles. The molecule has 7 nitrogen and oxygen atoms in total. The molecular formula is C17H20N4O3. The largest absolute Gasteiger partial charge is 0.383 e. The third kappa shape index (κ3) is 5.36. The van der Waals surface area contributed by atoms with Crippen LogP contribution in [0.15, 0.2) is 42.6 Å². The van der Waals surface area contributed by atoms with Gasteiger partial charge in [-0.2, -0.15) is 0 Å². The Bertz CT molecular complexity index is 701. The average Bonchev–Trinajstić information content (AvgIpc) is 2.57. The average molecular weight is 328 g/mol. The van der Waals surface area contributed by atoms with E-state index < -0.39 is 0 Å². The van der Waals surface area contributed by atoms with Gasteiger partial charge in [0.15, 0.2) is 0 Å². The minimum atomic E-state index is -0.237. The Balaban J connectivity index is 1.98. The summed E-state index contributed by atoms with van der Waals surface area (Å²) >= 11 is 0. The van der Waals surface area contributed by atoms with Gasteiger partial charge >= 0.3 is 0 Å². The molecule has 0 radical (unpaired) electrons. The van der Waals surface area contributed by atoms with Crippen LogP contribution in [-0.2, 0) is 9.53 Å². The van der Waals surface area contributed by atoms with Crippen LogP contribution in [0.4, 0.5) is 17.2 Å². The van der Waals surface area contributed by atoms with E-state index in [1.54, 1.807) is 49.7 Å². The molecule has 2 aromatic rings. The van der Waals surface area contributed by atoms with Crippen molar-refractivity contribution in [1.29, 1.82) is 0 Å². The summed E-state index contributed by atoms with van der Waals surface area (Å²) in [6, 6.07) is 10.2. The van der Waals surface area contributed by atoms with Crippen LogP contribution in [0, 0.1) is 0 Å². The van der Waals surface area contributed by atoms with Crippen LogP contribution in [0.1, 0.15) is 17.3 Å². The first kappa shape index (κ1) is 17.4.